The Morgan fingerprint density at radius 2 is 2.00 bits per heavy atom. The van der Waals surface area contributed by atoms with Crippen LogP contribution in [-0.2, 0) is 4.74 Å². The average Bonchev–Trinajstić information content (AvgIpc) is 2.98. The molecule has 7 nitrogen and oxygen atoms in total. The molecule has 3 rings (SSSR count). The SMILES string of the molecule is CCOC(=O)c1c(C)oc2nc(C)nc(NCCN(C)C3CCCCC3)c12. The number of carbonyl (C=O) groups is 1. The van der Waals surface area contributed by atoms with Gasteiger partial charge in [0, 0.05) is 19.1 Å². The summed E-state index contributed by atoms with van der Waals surface area (Å²) in [6.07, 6.45) is 6.57. The molecule has 0 spiro atoms. The second kappa shape index (κ2) is 8.69. The van der Waals surface area contributed by atoms with Gasteiger partial charge in [-0.05, 0) is 40.7 Å². The third-order valence-corrected chi connectivity index (χ3v) is 5.27. The number of ether oxygens (including phenoxy) is 1. The number of carbonyl (C=O) groups excluding carboxylic acids is 1. The molecule has 1 fully saturated rings. The van der Waals surface area contributed by atoms with Crippen molar-refractivity contribution in [3.63, 3.8) is 0 Å². The molecule has 0 amide bonds. The van der Waals surface area contributed by atoms with Gasteiger partial charge in [-0.1, -0.05) is 19.3 Å². The molecule has 1 aliphatic carbocycles. The van der Waals surface area contributed by atoms with Gasteiger partial charge >= 0.3 is 5.97 Å². The van der Waals surface area contributed by atoms with Crippen molar-refractivity contribution in [2.45, 2.75) is 58.9 Å². The minimum Gasteiger partial charge on any atom is -0.462 e. The van der Waals surface area contributed by atoms with Crippen molar-refractivity contribution in [2.24, 2.45) is 0 Å². The number of anilines is 1. The van der Waals surface area contributed by atoms with Gasteiger partial charge in [-0.3, -0.25) is 0 Å². The molecule has 1 N–H and O–H groups in total. The van der Waals surface area contributed by atoms with Crippen molar-refractivity contribution in [1.29, 1.82) is 0 Å². The van der Waals surface area contributed by atoms with E-state index >= 15 is 0 Å². The van der Waals surface area contributed by atoms with Crippen LogP contribution in [0.3, 0.4) is 0 Å². The lowest BCUT2D eigenvalue weighted by atomic mass is 9.94. The highest BCUT2D eigenvalue weighted by atomic mass is 16.5. The first-order valence-corrected chi connectivity index (χ1v) is 9.90. The standard InChI is InChI=1S/C20H30N4O3/c1-5-26-20(25)16-13(2)27-19-17(16)18(22-14(3)23-19)21-11-12-24(4)15-9-7-6-8-10-15/h15H,5-12H2,1-4H3,(H,21,22,23). The number of nitrogens with zero attached hydrogens (tertiary/aromatic N) is 3. The number of aryl methyl sites for hydroxylation is 2. The zero-order valence-electron chi connectivity index (χ0n) is 16.8. The van der Waals surface area contributed by atoms with Gasteiger partial charge in [0.2, 0.25) is 5.71 Å². The molecule has 2 heterocycles. The lowest BCUT2D eigenvalue weighted by Gasteiger charge is -2.31. The number of aromatic nitrogens is 2. The number of likely N-dealkylation sites (N-methyl/N-ethyl adjacent to an activating group) is 1. The first-order chi connectivity index (χ1) is 13.0. The van der Waals surface area contributed by atoms with Gasteiger partial charge in [-0.2, -0.15) is 4.98 Å². The number of fused-ring (bicyclic) bond motifs is 1. The van der Waals surface area contributed by atoms with E-state index in [9.17, 15) is 4.79 Å². The van der Waals surface area contributed by atoms with E-state index in [1.165, 1.54) is 32.1 Å². The number of esters is 1. The molecule has 148 valence electrons. The average molecular weight is 374 g/mol. The predicted molar refractivity (Wildman–Crippen MR) is 105 cm³/mol. The summed E-state index contributed by atoms with van der Waals surface area (Å²) in [5.74, 6) is 1.35. The van der Waals surface area contributed by atoms with Crippen LogP contribution in [0.1, 0.15) is 61.0 Å². The third kappa shape index (κ3) is 4.40. The predicted octanol–water partition coefficient (Wildman–Crippen LogP) is 3.69. The maximum absolute atomic E-state index is 12.4. The van der Waals surface area contributed by atoms with Gasteiger partial charge in [0.15, 0.2) is 0 Å². The minimum atomic E-state index is -0.399. The highest BCUT2D eigenvalue weighted by Gasteiger charge is 2.24. The van der Waals surface area contributed by atoms with E-state index in [0.717, 1.165) is 13.1 Å². The van der Waals surface area contributed by atoms with E-state index in [4.69, 9.17) is 9.15 Å². The normalized spacial score (nSPS) is 15.4. The van der Waals surface area contributed by atoms with E-state index in [2.05, 4.69) is 27.2 Å². The van der Waals surface area contributed by atoms with Gasteiger partial charge < -0.3 is 19.4 Å². The first kappa shape index (κ1) is 19.6. The second-order valence-corrected chi connectivity index (χ2v) is 7.25. The van der Waals surface area contributed by atoms with E-state index in [1.807, 2.05) is 6.92 Å². The van der Waals surface area contributed by atoms with Gasteiger partial charge in [-0.15, -0.1) is 0 Å². The zero-order valence-corrected chi connectivity index (χ0v) is 16.8. The summed E-state index contributed by atoms with van der Waals surface area (Å²) in [5.41, 5.74) is 0.834. The monoisotopic (exact) mass is 374 g/mol. The summed E-state index contributed by atoms with van der Waals surface area (Å²) in [6.45, 7) is 7.33. The van der Waals surface area contributed by atoms with Crippen molar-refractivity contribution < 1.29 is 13.9 Å². The van der Waals surface area contributed by atoms with E-state index in [1.54, 1.807) is 13.8 Å². The fraction of sp³-hybridized carbons (Fsp3) is 0.650. The minimum absolute atomic E-state index is 0.312. The molecular weight excluding hydrogens is 344 g/mol. The molecule has 0 bridgehead atoms. The van der Waals surface area contributed by atoms with Crippen molar-refractivity contribution in [3.05, 3.63) is 17.1 Å². The Kier molecular flexibility index (Phi) is 6.31. The topological polar surface area (TPSA) is 80.5 Å². The van der Waals surface area contributed by atoms with Gasteiger partial charge in [0.25, 0.3) is 0 Å². The summed E-state index contributed by atoms with van der Waals surface area (Å²) in [4.78, 5) is 23.7. The van der Waals surface area contributed by atoms with Crippen LogP contribution in [0.5, 0.6) is 0 Å². The van der Waals surface area contributed by atoms with Gasteiger partial charge in [-0.25, -0.2) is 9.78 Å². The molecule has 1 saturated carbocycles. The Hall–Kier alpha value is -2.15. The summed E-state index contributed by atoms with van der Waals surface area (Å²) in [5, 5.41) is 4.00. The summed E-state index contributed by atoms with van der Waals surface area (Å²) in [7, 11) is 2.19. The lowest BCUT2D eigenvalue weighted by molar-refractivity contribution is 0.0526. The fourth-order valence-electron chi connectivity index (χ4n) is 3.85. The summed E-state index contributed by atoms with van der Waals surface area (Å²) in [6, 6.07) is 0.666. The Morgan fingerprint density at radius 1 is 1.26 bits per heavy atom. The van der Waals surface area contributed by atoms with Crippen LogP contribution in [0, 0.1) is 13.8 Å². The maximum atomic E-state index is 12.4. The molecule has 1 aliphatic rings. The molecule has 27 heavy (non-hydrogen) atoms. The highest BCUT2D eigenvalue weighted by molar-refractivity contribution is 6.07. The second-order valence-electron chi connectivity index (χ2n) is 7.25. The lowest BCUT2D eigenvalue weighted by Crippen LogP contribution is -2.36. The maximum Gasteiger partial charge on any atom is 0.342 e. The molecular formula is C20H30N4O3. The van der Waals surface area contributed by atoms with Crippen molar-refractivity contribution in [3.8, 4) is 0 Å². The van der Waals surface area contributed by atoms with Crippen molar-refractivity contribution >= 4 is 22.9 Å². The molecule has 0 aliphatic heterocycles. The number of nitrogens with one attached hydrogen (secondary N) is 1. The quantitative estimate of drug-likeness (QED) is 0.740. The van der Waals surface area contributed by atoms with Crippen LogP contribution in [0.25, 0.3) is 11.1 Å². The number of hydrogen-bond donors (Lipinski definition) is 1. The highest BCUT2D eigenvalue weighted by Crippen LogP contribution is 2.30. The zero-order chi connectivity index (χ0) is 19.4. The van der Waals surface area contributed by atoms with Crippen LogP contribution in [0.4, 0.5) is 5.82 Å². The Labute approximate surface area is 160 Å². The summed E-state index contributed by atoms with van der Waals surface area (Å²) < 4.78 is 10.9. The molecule has 0 atom stereocenters. The molecule has 7 heteroatoms. The van der Waals surface area contributed by atoms with Crippen molar-refractivity contribution in [1.82, 2.24) is 14.9 Å². The Morgan fingerprint density at radius 3 is 2.70 bits per heavy atom. The largest absolute Gasteiger partial charge is 0.462 e. The smallest absolute Gasteiger partial charge is 0.342 e. The van der Waals surface area contributed by atoms with E-state index < -0.39 is 5.97 Å². The number of rotatable bonds is 7. The molecule has 2 aromatic rings. The van der Waals surface area contributed by atoms with Crippen LogP contribution in [-0.4, -0.2) is 53.6 Å². The number of furan rings is 1. The van der Waals surface area contributed by atoms with Gasteiger partial charge in [0.05, 0.1) is 12.0 Å². The third-order valence-electron chi connectivity index (χ3n) is 5.27. The van der Waals surface area contributed by atoms with E-state index in [0.29, 0.717) is 46.7 Å². The Balaban J connectivity index is 1.77. The van der Waals surface area contributed by atoms with Crippen LogP contribution >= 0.6 is 0 Å². The van der Waals surface area contributed by atoms with Crippen LogP contribution in [0.15, 0.2) is 4.42 Å². The molecule has 2 aromatic heterocycles. The summed E-state index contributed by atoms with van der Waals surface area (Å²) >= 11 is 0. The Bertz CT molecular complexity index is 796. The number of hydrogen-bond acceptors (Lipinski definition) is 7. The fourth-order valence-corrected chi connectivity index (χ4v) is 3.85. The van der Waals surface area contributed by atoms with E-state index in [-0.39, 0.29) is 0 Å². The van der Waals surface area contributed by atoms with Gasteiger partial charge in [0.1, 0.15) is 23.0 Å². The van der Waals surface area contributed by atoms with Crippen molar-refractivity contribution in [2.75, 3.05) is 32.1 Å². The molecule has 0 radical (unpaired) electrons. The molecule has 0 saturated heterocycles. The molecule has 0 unspecified atom stereocenters. The van der Waals surface area contributed by atoms with Crippen LogP contribution in [0.2, 0.25) is 0 Å². The van der Waals surface area contributed by atoms with Crippen LogP contribution < -0.4 is 5.32 Å². The molecule has 0 aromatic carbocycles. The first-order valence-electron chi connectivity index (χ1n) is 9.90.